The number of fused-ring (bicyclic) bond motifs is 2. The first kappa shape index (κ1) is 23.1. The molecule has 1 amide bonds. The molecule has 0 bridgehead atoms. The van der Waals surface area contributed by atoms with E-state index in [1.54, 1.807) is 22.4 Å². The average molecular weight is 494 g/mol. The lowest BCUT2D eigenvalue weighted by atomic mass is 10.0. The summed E-state index contributed by atoms with van der Waals surface area (Å²) < 4.78 is 17.9. The van der Waals surface area contributed by atoms with E-state index >= 15 is 0 Å². The number of carbonyl (C=O) groups is 1. The molecule has 8 nitrogen and oxygen atoms in total. The molecule has 35 heavy (non-hydrogen) atoms. The molecule has 10 heteroatoms. The summed E-state index contributed by atoms with van der Waals surface area (Å²) in [5.74, 6) is -0.0806. The van der Waals surface area contributed by atoms with E-state index in [4.69, 9.17) is 0 Å². The summed E-state index contributed by atoms with van der Waals surface area (Å²) in [6.07, 6.45) is 2.16. The number of aromatic nitrogens is 4. The van der Waals surface area contributed by atoms with Gasteiger partial charge in [-0.3, -0.25) is 14.2 Å². The molecule has 0 spiro atoms. The predicted octanol–water partition coefficient (Wildman–Crippen LogP) is 2.92. The van der Waals surface area contributed by atoms with Gasteiger partial charge in [0.25, 0.3) is 5.56 Å². The van der Waals surface area contributed by atoms with E-state index in [1.807, 2.05) is 37.3 Å². The number of hydrogen-bond acceptors (Lipinski definition) is 5. The van der Waals surface area contributed by atoms with Crippen molar-refractivity contribution in [2.75, 3.05) is 5.75 Å². The molecule has 180 valence electrons. The Bertz CT molecular complexity index is 1530. The zero-order chi connectivity index (χ0) is 24.5. The Kier molecular flexibility index (Phi) is 6.29. The van der Waals surface area contributed by atoms with Crippen LogP contribution in [0.5, 0.6) is 0 Å². The lowest BCUT2D eigenvalue weighted by Crippen LogP contribution is -2.45. The monoisotopic (exact) mass is 493 g/mol. The summed E-state index contributed by atoms with van der Waals surface area (Å²) in [6.45, 7) is 2.14. The normalized spacial score (nSPS) is 15.2. The Hall–Kier alpha value is -3.66. The van der Waals surface area contributed by atoms with E-state index in [-0.39, 0.29) is 29.6 Å². The highest BCUT2D eigenvalue weighted by molar-refractivity contribution is 7.99. The molecule has 0 saturated heterocycles. The number of imidazole rings is 1. The van der Waals surface area contributed by atoms with Gasteiger partial charge in [0, 0.05) is 17.2 Å². The topological polar surface area (TPSA) is 90.9 Å². The van der Waals surface area contributed by atoms with Gasteiger partial charge in [-0.05, 0) is 42.7 Å². The molecular weight excluding hydrogens is 469 g/mol. The van der Waals surface area contributed by atoms with Gasteiger partial charge in [-0.2, -0.15) is 0 Å². The highest BCUT2D eigenvalue weighted by Gasteiger charge is 2.25. The van der Waals surface area contributed by atoms with Gasteiger partial charge >= 0.3 is 5.69 Å². The summed E-state index contributed by atoms with van der Waals surface area (Å²) in [5, 5.41) is 2.90. The molecule has 2 aromatic heterocycles. The number of aryl methyl sites for hydroxylation is 1. The zero-order valence-electron chi connectivity index (χ0n) is 19.1. The Morgan fingerprint density at radius 1 is 1.17 bits per heavy atom. The maximum absolute atomic E-state index is 13.9. The van der Waals surface area contributed by atoms with Gasteiger partial charge in [0.15, 0.2) is 11.2 Å². The number of amides is 1. The van der Waals surface area contributed by atoms with Crippen LogP contribution in [0.4, 0.5) is 4.39 Å². The average Bonchev–Trinajstić information content (AvgIpc) is 3.30. The van der Waals surface area contributed by atoms with Crippen molar-refractivity contribution in [2.45, 2.75) is 43.9 Å². The Morgan fingerprint density at radius 3 is 2.74 bits per heavy atom. The predicted molar refractivity (Wildman–Crippen MR) is 132 cm³/mol. The van der Waals surface area contributed by atoms with E-state index in [0.29, 0.717) is 18.5 Å². The number of carbonyl (C=O) groups excluding carboxylic acids is 1. The van der Waals surface area contributed by atoms with Crippen LogP contribution in [0.3, 0.4) is 0 Å². The molecule has 1 aliphatic rings. The number of nitrogens with zero attached hydrogens (tertiary/aromatic N) is 4. The second kappa shape index (κ2) is 9.53. The molecule has 5 rings (SSSR count). The minimum Gasteiger partial charge on any atom is -0.348 e. The van der Waals surface area contributed by atoms with Crippen LogP contribution >= 0.6 is 11.8 Å². The number of benzene rings is 2. The zero-order valence-corrected chi connectivity index (χ0v) is 19.9. The fourth-order valence-electron chi connectivity index (χ4n) is 4.43. The van der Waals surface area contributed by atoms with Gasteiger partial charge < -0.3 is 9.88 Å². The van der Waals surface area contributed by atoms with E-state index in [2.05, 4.69) is 10.3 Å². The van der Waals surface area contributed by atoms with Crippen molar-refractivity contribution in [3.8, 4) is 0 Å². The maximum atomic E-state index is 13.9. The van der Waals surface area contributed by atoms with Crippen LogP contribution in [-0.2, 0) is 24.4 Å². The van der Waals surface area contributed by atoms with Gasteiger partial charge in [0.05, 0.1) is 18.9 Å². The van der Waals surface area contributed by atoms with E-state index in [1.165, 1.54) is 23.0 Å². The third-order valence-corrected chi connectivity index (χ3v) is 7.28. The smallest absolute Gasteiger partial charge is 0.333 e. The van der Waals surface area contributed by atoms with E-state index in [9.17, 15) is 18.8 Å². The maximum Gasteiger partial charge on any atom is 0.333 e. The Balaban J connectivity index is 1.51. The van der Waals surface area contributed by atoms with Crippen molar-refractivity contribution < 1.29 is 9.18 Å². The Morgan fingerprint density at radius 2 is 1.97 bits per heavy atom. The molecule has 3 heterocycles. The van der Waals surface area contributed by atoms with Crippen molar-refractivity contribution in [3.63, 3.8) is 0 Å². The quantitative estimate of drug-likeness (QED) is 0.446. The third-order valence-electron chi connectivity index (χ3n) is 6.16. The Labute approximate surface area is 204 Å². The van der Waals surface area contributed by atoms with Gasteiger partial charge in [0.1, 0.15) is 12.4 Å². The first-order chi connectivity index (χ1) is 17.0. The molecule has 2 aromatic carbocycles. The summed E-state index contributed by atoms with van der Waals surface area (Å²) in [7, 11) is 0. The molecule has 0 unspecified atom stereocenters. The van der Waals surface area contributed by atoms with Gasteiger partial charge in [0.2, 0.25) is 5.91 Å². The van der Waals surface area contributed by atoms with Crippen LogP contribution in [-0.4, -0.2) is 30.3 Å². The number of rotatable bonds is 6. The largest absolute Gasteiger partial charge is 0.348 e. The van der Waals surface area contributed by atoms with Gasteiger partial charge in [-0.1, -0.05) is 30.3 Å². The first-order valence-electron chi connectivity index (χ1n) is 11.4. The second-order valence-corrected chi connectivity index (χ2v) is 9.52. The molecular formula is C25H24FN5O3S. The van der Waals surface area contributed by atoms with E-state index < -0.39 is 23.7 Å². The SMILES string of the molecule is CCn1cnc2c1c(=O)n(CC(=O)N[C@@H]1CCSc3ccc(F)cc31)c(=O)n2Cc1ccccc1. The van der Waals surface area contributed by atoms with Crippen LogP contribution in [0.25, 0.3) is 11.2 Å². The second-order valence-electron chi connectivity index (χ2n) is 8.39. The number of hydrogen-bond donors (Lipinski definition) is 1. The summed E-state index contributed by atoms with van der Waals surface area (Å²) in [4.78, 5) is 45.0. The summed E-state index contributed by atoms with van der Waals surface area (Å²) in [6, 6.07) is 13.5. The fourth-order valence-corrected chi connectivity index (χ4v) is 5.53. The van der Waals surface area contributed by atoms with Crippen LogP contribution in [0, 0.1) is 5.82 Å². The van der Waals surface area contributed by atoms with Crippen LogP contribution < -0.4 is 16.6 Å². The molecule has 0 radical (unpaired) electrons. The first-order valence-corrected chi connectivity index (χ1v) is 12.4. The molecule has 1 aliphatic heterocycles. The molecule has 1 atom stereocenters. The lowest BCUT2D eigenvalue weighted by Gasteiger charge is -2.26. The minimum absolute atomic E-state index is 0.214. The molecule has 4 aromatic rings. The minimum atomic E-state index is -0.603. The van der Waals surface area contributed by atoms with Crippen LogP contribution in [0.15, 0.2) is 69.3 Å². The van der Waals surface area contributed by atoms with Crippen molar-refractivity contribution in [2.24, 2.45) is 0 Å². The number of thioether (sulfide) groups is 1. The number of nitrogens with one attached hydrogen (secondary N) is 1. The van der Waals surface area contributed by atoms with Crippen molar-refractivity contribution in [1.82, 2.24) is 24.0 Å². The fraction of sp³-hybridized carbons (Fsp3) is 0.280. The van der Waals surface area contributed by atoms with Crippen LogP contribution in [0.2, 0.25) is 0 Å². The highest BCUT2D eigenvalue weighted by Crippen LogP contribution is 2.36. The molecule has 0 saturated carbocycles. The standard InChI is InChI=1S/C25H24FN5O3S/c1-2-29-15-27-23-22(29)24(33)31(25(34)30(23)13-16-6-4-3-5-7-16)14-21(32)28-19-10-11-35-20-9-8-17(26)12-18(19)20/h3-9,12,15,19H,2,10-11,13-14H2,1H3,(H,28,32)/t19-/m1/s1. The van der Waals surface area contributed by atoms with Gasteiger partial charge in [-0.15, -0.1) is 11.8 Å². The molecule has 0 fully saturated rings. The van der Waals surface area contributed by atoms with Crippen molar-refractivity contribution in [3.05, 3.63) is 92.6 Å². The van der Waals surface area contributed by atoms with Crippen molar-refractivity contribution >= 4 is 28.8 Å². The molecule has 1 N–H and O–H groups in total. The summed E-state index contributed by atoms with van der Waals surface area (Å²) in [5.41, 5.74) is 0.981. The van der Waals surface area contributed by atoms with Gasteiger partial charge in [-0.25, -0.2) is 18.7 Å². The van der Waals surface area contributed by atoms with E-state index in [0.717, 1.165) is 20.8 Å². The third kappa shape index (κ3) is 4.41. The van der Waals surface area contributed by atoms with Crippen molar-refractivity contribution in [1.29, 1.82) is 0 Å². The lowest BCUT2D eigenvalue weighted by molar-refractivity contribution is -0.122. The summed E-state index contributed by atoms with van der Waals surface area (Å²) >= 11 is 1.61. The number of halogens is 1. The molecule has 0 aliphatic carbocycles. The van der Waals surface area contributed by atoms with Crippen LogP contribution in [0.1, 0.15) is 30.5 Å². The highest BCUT2D eigenvalue weighted by atomic mass is 32.2.